The maximum Gasteiger partial charge on any atom is 0.330 e. The number of hydrogen-bond donors (Lipinski definition) is 5. The Morgan fingerprint density at radius 3 is 2.72 bits per heavy atom. The van der Waals surface area contributed by atoms with E-state index in [2.05, 4.69) is 15.3 Å². The van der Waals surface area contributed by atoms with E-state index in [0.29, 0.717) is 10.1 Å². The number of aromatic nitrogens is 4. The van der Waals surface area contributed by atoms with Gasteiger partial charge >= 0.3 is 15.6 Å². The zero-order valence-electron chi connectivity index (χ0n) is 14.5. The third-order valence-electron chi connectivity index (χ3n) is 4.54. The number of pyridine rings is 1. The van der Waals surface area contributed by atoms with Crippen molar-refractivity contribution >= 4 is 32.5 Å². The third-order valence-corrected chi connectivity index (χ3v) is 5.20. The SMILES string of the molecule is O=[n+]1cc2c(N[C@@H]3O[C@H](CO)[C@@H](O)[C@H]3O)cccn2c2nc(S(=O)(=O)O)ncc21. The van der Waals surface area contributed by atoms with E-state index in [1.165, 1.54) is 16.8 Å². The number of fused-ring (bicyclic) bond motifs is 3. The van der Waals surface area contributed by atoms with E-state index in [0.717, 1.165) is 6.20 Å². The Hall–Kier alpha value is -2.75. The highest BCUT2D eigenvalue weighted by molar-refractivity contribution is 7.85. The van der Waals surface area contributed by atoms with Crippen molar-refractivity contribution in [3.05, 3.63) is 35.6 Å². The smallest absolute Gasteiger partial charge is 0.330 e. The summed E-state index contributed by atoms with van der Waals surface area (Å²) in [5, 5.41) is 31.2. The van der Waals surface area contributed by atoms with Gasteiger partial charge in [0.15, 0.2) is 6.23 Å². The third kappa shape index (κ3) is 3.31. The molecule has 0 saturated carbocycles. The number of rotatable bonds is 4. The fraction of sp³-hybridized carbons (Fsp3) is 0.333. The fourth-order valence-electron chi connectivity index (χ4n) is 3.12. The molecule has 1 aliphatic rings. The maximum absolute atomic E-state index is 12.4. The largest absolute Gasteiger partial charge is 0.394 e. The van der Waals surface area contributed by atoms with Gasteiger partial charge in [-0.3, -0.25) is 8.95 Å². The van der Waals surface area contributed by atoms with Crippen molar-refractivity contribution in [2.24, 2.45) is 0 Å². The van der Waals surface area contributed by atoms with Crippen molar-refractivity contribution in [1.82, 2.24) is 14.4 Å². The Bertz CT molecular complexity index is 1260. The highest BCUT2D eigenvalue weighted by Gasteiger charge is 2.42. The van der Waals surface area contributed by atoms with E-state index in [4.69, 9.17) is 4.74 Å². The molecule has 0 aliphatic carbocycles. The van der Waals surface area contributed by atoms with Crippen LogP contribution in [0.4, 0.5) is 5.69 Å². The summed E-state index contributed by atoms with van der Waals surface area (Å²) in [5.74, 6) is 0. The van der Waals surface area contributed by atoms with Gasteiger partial charge < -0.3 is 25.4 Å². The minimum Gasteiger partial charge on any atom is -0.394 e. The minimum atomic E-state index is -4.69. The Balaban J connectivity index is 1.86. The Labute approximate surface area is 162 Å². The van der Waals surface area contributed by atoms with Crippen LogP contribution >= 0.6 is 0 Å². The van der Waals surface area contributed by atoms with Gasteiger partial charge in [-0.15, -0.1) is 0 Å². The predicted molar refractivity (Wildman–Crippen MR) is 95.1 cm³/mol. The second-order valence-electron chi connectivity index (χ2n) is 6.37. The lowest BCUT2D eigenvalue weighted by molar-refractivity contribution is -0.463. The summed E-state index contributed by atoms with van der Waals surface area (Å²) < 4.78 is 39.1. The van der Waals surface area contributed by atoms with Crippen molar-refractivity contribution in [2.45, 2.75) is 29.7 Å². The van der Waals surface area contributed by atoms with E-state index < -0.39 is 46.4 Å². The number of anilines is 1. The van der Waals surface area contributed by atoms with E-state index in [1.54, 1.807) is 12.1 Å². The molecule has 4 atom stereocenters. The number of hydrogen-bond acceptors (Lipinski definition) is 10. The van der Waals surface area contributed by atoms with Crippen LogP contribution in [0.1, 0.15) is 0 Å². The maximum atomic E-state index is 12.4. The van der Waals surface area contributed by atoms with Gasteiger partial charge in [-0.05, 0) is 12.1 Å². The average Bonchev–Trinajstić information content (AvgIpc) is 2.95. The first-order valence-corrected chi connectivity index (χ1v) is 9.74. The van der Waals surface area contributed by atoms with Gasteiger partial charge in [0.25, 0.3) is 11.4 Å². The summed E-state index contributed by atoms with van der Waals surface area (Å²) in [4.78, 5) is 19.6. The van der Waals surface area contributed by atoms with Crippen LogP contribution in [0.2, 0.25) is 0 Å². The van der Waals surface area contributed by atoms with Crippen molar-refractivity contribution < 1.29 is 37.5 Å². The molecule has 0 amide bonds. The van der Waals surface area contributed by atoms with Crippen LogP contribution in [0, 0.1) is 4.91 Å². The van der Waals surface area contributed by atoms with E-state index >= 15 is 0 Å². The second kappa shape index (κ2) is 6.94. The monoisotopic (exact) mass is 426 g/mol. The summed E-state index contributed by atoms with van der Waals surface area (Å²) in [6.45, 7) is -0.499. The van der Waals surface area contributed by atoms with E-state index in [9.17, 15) is 33.2 Å². The van der Waals surface area contributed by atoms with Gasteiger partial charge in [-0.1, -0.05) is 0 Å². The molecule has 29 heavy (non-hydrogen) atoms. The molecule has 3 aromatic heterocycles. The second-order valence-corrected chi connectivity index (χ2v) is 7.69. The van der Waals surface area contributed by atoms with Crippen molar-refractivity contribution in [3.63, 3.8) is 0 Å². The number of nitrogens with one attached hydrogen (secondary N) is 1. The molecule has 3 aromatic rings. The lowest BCUT2D eigenvalue weighted by atomic mass is 10.1. The quantitative estimate of drug-likeness (QED) is 0.133. The van der Waals surface area contributed by atoms with Gasteiger partial charge in [0.05, 0.1) is 16.7 Å². The summed E-state index contributed by atoms with van der Waals surface area (Å²) >= 11 is 0. The molecule has 5 N–H and O–H groups in total. The fourth-order valence-corrected chi connectivity index (χ4v) is 3.51. The number of aliphatic hydroxyl groups excluding tert-OH is 3. The Morgan fingerprint density at radius 1 is 1.31 bits per heavy atom. The van der Waals surface area contributed by atoms with Gasteiger partial charge in [0.2, 0.25) is 5.65 Å². The zero-order chi connectivity index (χ0) is 20.9. The predicted octanol–water partition coefficient (Wildman–Crippen LogP) is -2.11. The van der Waals surface area contributed by atoms with Crippen LogP contribution < -0.4 is 9.74 Å². The molecular weight excluding hydrogens is 410 g/mol. The van der Waals surface area contributed by atoms with Crippen LogP contribution in [0.25, 0.3) is 16.7 Å². The summed E-state index contributed by atoms with van der Waals surface area (Å²) in [7, 11) is -4.69. The first kappa shape index (κ1) is 19.6. The zero-order valence-corrected chi connectivity index (χ0v) is 15.3. The lowest BCUT2D eigenvalue weighted by Crippen LogP contribution is -2.36. The molecule has 1 fully saturated rings. The first-order valence-electron chi connectivity index (χ1n) is 8.30. The summed E-state index contributed by atoms with van der Waals surface area (Å²) in [6, 6.07) is 3.11. The van der Waals surface area contributed by atoms with Gasteiger partial charge in [0, 0.05) is 11.1 Å². The van der Waals surface area contributed by atoms with Crippen LogP contribution in [0.15, 0.2) is 35.9 Å². The van der Waals surface area contributed by atoms with Gasteiger partial charge in [0.1, 0.15) is 30.0 Å². The van der Waals surface area contributed by atoms with Gasteiger partial charge in [-0.25, -0.2) is 4.98 Å². The van der Waals surface area contributed by atoms with Crippen molar-refractivity contribution in [2.75, 3.05) is 11.9 Å². The molecule has 14 heteroatoms. The highest BCUT2D eigenvalue weighted by Crippen LogP contribution is 2.26. The van der Waals surface area contributed by atoms with Crippen LogP contribution in [-0.4, -0.2) is 73.8 Å². The number of aliphatic hydroxyl groups is 3. The minimum absolute atomic E-state index is 0.0556. The van der Waals surface area contributed by atoms with Gasteiger partial charge in [-0.2, -0.15) is 13.4 Å². The summed E-state index contributed by atoms with van der Waals surface area (Å²) in [5.41, 5.74) is 0.374. The number of nitrogens with zero attached hydrogens (tertiary/aromatic N) is 4. The van der Waals surface area contributed by atoms with Crippen LogP contribution in [-0.2, 0) is 14.9 Å². The van der Waals surface area contributed by atoms with Crippen LogP contribution in [0.5, 0.6) is 0 Å². The Kier molecular flexibility index (Phi) is 4.68. The standard InChI is InChI=1S/C15H15N5O8S/c21-6-10-11(22)12(23)14(28-10)17-7-2-1-3-19-9(7)5-20(24)8-4-16-15(18-13(8)19)29(25,26)27/h1-5,10-12,14,17,21-23H,6H2/p+1/t10-,11-,12-,14-/m1/s1. The first-order chi connectivity index (χ1) is 13.7. The van der Waals surface area contributed by atoms with Crippen LogP contribution in [0.3, 0.4) is 0 Å². The average molecular weight is 426 g/mol. The molecule has 4 heterocycles. The number of ether oxygens (including phenoxy) is 1. The van der Waals surface area contributed by atoms with Crippen molar-refractivity contribution in [3.8, 4) is 0 Å². The molecule has 4 rings (SSSR count). The molecule has 0 bridgehead atoms. The molecule has 0 spiro atoms. The molecule has 154 valence electrons. The van der Waals surface area contributed by atoms with Crippen molar-refractivity contribution in [1.29, 1.82) is 0 Å². The topological polar surface area (TPSA) is 189 Å². The highest BCUT2D eigenvalue weighted by atomic mass is 32.2. The molecule has 1 aliphatic heterocycles. The molecule has 0 aromatic carbocycles. The normalized spacial score (nSPS) is 25.0. The molecule has 13 nitrogen and oxygen atoms in total. The van der Waals surface area contributed by atoms with E-state index in [1.807, 2.05) is 0 Å². The molecule has 0 unspecified atom stereocenters. The summed E-state index contributed by atoms with van der Waals surface area (Å²) in [6.07, 6.45) is -1.08. The molecule has 1 saturated heterocycles. The lowest BCUT2D eigenvalue weighted by Gasteiger charge is -2.18. The Morgan fingerprint density at radius 2 is 2.07 bits per heavy atom. The molecular formula is C15H16N5O8S+. The molecule has 0 radical (unpaired) electrons. The van der Waals surface area contributed by atoms with E-state index in [-0.39, 0.29) is 16.7 Å².